The molecule has 0 saturated carbocycles. The Morgan fingerprint density at radius 1 is 1.04 bits per heavy atom. The first-order chi connectivity index (χ1) is 13.2. The average Bonchev–Trinajstić information content (AvgIpc) is 3.12. The number of nitriles is 1. The fraction of sp³-hybridized carbons (Fsp3) is 0.167. The molecule has 138 valence electrons. The van der Waals surface area contributed by atoms with Gasteiger partial charge in [0.25, 0.3) is 0 Å². The van der Waals surface area contributed by atoms with Gasteiger partial charge in [-0.15, -0.1) is 0 Å². The fourth-order valence-corrected chi connectivity index (χ4v) is 6.27. The van der Waals surface area contributed by atoms with Crippen LogP contribution in [-0.4, -0.2) is 29.4 Å². The smallest absolute Gasteiger partial charge is 0.186 e. The minimum atomic E-state index is -0.784. The summed E-state index contributed by atoms with van der Waals surface area (Å²) in [5, 5.41) is 16.3. The molecule has 1 aromatic heterocycles. The van der Waals surface area contributed by atoms with Gasteiger partial charge in [0, 0.05) is 6.17 Å². The van der Waals surface area contributed by atoms with Crippen LogP contribution >= 0.6 is 23.5 Å². The molecule has 0 saturated heterocycles. The maximum absolute atomic E-state index is 13.3. The normalized spacial score (nSPS) is 11.3. The summed E-state index contributed by atoms with van der Waals surface area (Å²) in [4.78, 5) is 4.25. The van der Waals surface area contributed by atoms with Crippen molar-refractivity contribution in [3.63, 3.8) is 0 Å². The second-order valence-electron chi connectivity index (χ2n) is 5.71. The summed E-state index contributed by atoms with van der Waals surface area (Å²) in [6.07, 6.45) is 2.25. The monoisotopic (exact) mass is 418 g/mol. The molecule has 0 aliphatic carbocycles. The quantitative estimate of drug-likeness (QED) is 0.183. The van der Waals surface area contributed by atoms with Gasteiger partial charge in [-0.1, -0.05) is 36.0 Å². The van der Waals surface area contributed by atoms with Crippen LogP contribution < -0.4 is 0 Å². The van der Waals surface area contributed by atoms with E-state index in [4.69, 9.17) is 5.26 Å². The number of hydrogen-bond donors (Lipinski definition) is 0. The standard InChI is InChI=1S/C18H16F2N4S2Si/c19-15-5-1-13(2-6-15)17(14-3-7-16(20)8-4-14)27-11-24-18(22-10-23-24)26-12-25-9-21/h1-8,10,17H,11-12,27H2. The van der Waals surface area contributed by atoms with Crippen molar-refractivity contribution >= 4 is 33.0 Å². The highest BCUT2D eigenvalue weighted by Gasteiger charge is 2.17. The van der Waals surface area contributed by atoms with E-state index in [0.717, 1.165) is 34.2 Å². The van der Waals surface area contributed by atoms with Gasteiger partial charge < -0.3 is 0 Å². The van der Waals surface area contributed by atoms with E-state index < -0.39 is 9.52 Å². The lowest BCUT2D eigenvalue weighted by atomic mass is 10.0. The first kappa shape index (κ1) is 19.6. The van der Waals surface area contributed by atoms with Crippen LogP contribution in [-0.2, 0) is 6.17 Å². The van der Waals surface area contributed by atoms with Crippen molar-refractivity contribution in [3.05, 3.63) is 77.6 Å². The van der Waals surface area contributed by atoms with Crippen LogP contribution in [0.3, 0.4) is 0 Å². The molecular weight excluding hydrogens is 402 g/mol. The van der Waals surface area contributed by atoms with Crippen molar-refractivity contribution in [1.82, 2.24) is 14.8 Å². The zero-order valence-electron chi connectivity index (χ0n) is 14.3. The van der Waals surface area contributed by atoms with E-state index in [0.29, 0.717) is 5.08 Å². The van der Waals surface area contributed by atoms with Gasteiger partial charge >= 0.3 is 0 Å². The summed E-state index contributed by atoms with van der Waals surface area (Å²) in [6.45, 7) is 0. The summed E-state index contributed by atoms with van der Waals surface area (Å²) >= 11 is 2.64. The predicted molar refractivity (Wildman–Crippen MR) is 107 cm³/mol. The van der Waals surface area contributed by atoms with Gasteiger partial charge in [-0.2, -0.15) is 10.4 Å². The molecule has 0 radical (unpaired) electrons. The minimum absolute atomic E-state index is 0.113. The summed E-state index contributed by atoms with van der Waals surface area (Å²) in [7, 11) is -0.784. The molecule has 0 aliphatic heterocycles. The lowest BCUT2D eigenvalue weighted by Crippen LogP contribution is -2.18. The molecule has 9 heteroatoms. The zero-order chi connectivity index (χ0) is 19.1. The minimum Gasteiger partial charge on any atom is -0.244 e. The lowest BCUT2D eigenvalue weighted by Gasteiger charge is -2.18. The van der Waals surface area contributed by atoms with Crippen molar-refractivity contribution in [3.8, 4) is 5.40 Å². The largest absolute Gasteiger partial charge is 0.244 e. The number of aromatic nitrogens is 3. The van der Waals surface area contributed by atoms with E-state index >= 15 is 0 Å². The van der Waals surface area contributed by atoms with Crippen molar-refractivity contribution in [2.45, 2.75) is 16.9 Å². The number of rotatable bonds is 8. The van der Waals surface area contributed by atoms with Gasteiger partial charge in [0.1, 0.15) is 23.4 Å². The maximum Gasteiger partial charge on any atom is 0.186 e. The van der Waals surface area contributed by atoms with Crippen molar-refractivity contribution < 1.29 is 8.78 Å². The van der Waals surface area contributed by atoms with Crippen molar-refractivity contribution in [1.29, 1.82) is 5.26 Å². The fourth-order valence-electron chi connectivity index (χ4n) is 2.79. The van der Waals surface area contributed by atoms with E-state index in [9.17, 15) is 8.78 Å². The Morgan fingerprint density at radius 2 is 1.63 bits per heavy atom. The SMILES string of the molecule is N#CSCSc1ncnn1C[SiH2]C(c1ccc(F)cc1)c1ccc(F)cc1. The molecule has 0 atom stereocenters. The van der Waals surface area contributed by atoms with Crippen LogP contribution in [0.15, 0.2) is 60.0 Å². The van der Waals surface area contributed by atoms with Gasteiger partial charge in [0.05, 0.1) is 14.6 Å². The van der Waals surface area contributed by atoms with Gasteiger partial charge in [-0.3, -0.25) is 0 Å². The summed E-state index contributed by atoms with van der Waals surface area (Å²) < 4.78 is 28.5. The molecule has 0 unspecified atom stereocenters. The molecule has 0 N–H and O–H groups in total. The van der Waals surface area contributed by atoms with Crippen LogP contribution in [0.5, 0.6) is 0 Å². The zero-order valence-corrected chi connectivity index (χ0v) is 17.3. The molecule has 0 spiro atoms. The van der Waals surface area contributed by atoms with Crippen molar-refractivity contribution in [2.24, 2.45) is 0 Å². The highest BCUT2D eigenvalue weighted by atomic mass is 32.2. The summed E-state index contributed by atoms with van der Waals surface area (Å²) in [6, 6.07) is 13.0. The number of benzene rings is 2. The molecule has 4 nitrogen and oxygen atoms in total. The summed E-state index contributed by atoms with van der Waals surface area (Å²) in [5.74, 6) is -0.550. The molecule has 0 bridgehead atoms. The van der Waals surface area contributed by atoms with Gasteiger partial charge in [0.2, 0.25) is 0 Å². The lowest BCUT2D eigenvalue weighted by molar-refractivity contribution is 0.626. The van der Waals surface area contributed by atoms with Gasteiger partial charge in [0.15, 0.2) is 5.16 Å². The van der Waals surface area contributed by atoms with Crippen LogP contribution in [0.2, 0.25) is 0 Å². The van der Waals surface area contributed by atoms with Crippen LogP contribution in [0.4, 0.5) is 8.78 Å². The van der Waals surface area contributed by atoms with Crippen LogP contribution in [0.25, 0.3) is 0 Å². The Bertz CT molecular complexity index is 865. The number of thioether (sulfide) groups is 2. The Balaban J connectivity index is 1.78. The highest BCUT2D eigenvalue weighted by molar-refractivity contribution is 8.18. The molecule has 2 aromatic carbocycles. The molecule has 0 fully saturated rings. The average molecular weight is 419 g/mol. The molecule has 27 heavy (non-hydrogen) atoms. The van der Waals surface area contributed by atoms with Gasteiger partial charge in [-0.25, -0.2) is 18.4 Å². The number of thiocyanates is 1. The Kier molecular flexibility index (Phi) is 7.03. The number of hydrogen-bond acceptors (Lipinski definition) is 5. The highest BCUT2D eigenvalue weighted by Crippen LogP contribution is 2.25. The third kappa shape index (κ3) is 5.41. The molecule has 1 heterocycles. The topological polar surface area (TPSA) is 54.5 Å². The Morgan fingerprint density at radius 3 is 2.19 bits per heavy atom. The molecular formula is C18H16F2N4S2Si. The van der Waals surface area contributed by atoms with Crippen LogP contribution in [0.1, 0.15) is 16.7 Å². The second kappa shape index (κ2) is 9.69. The molecule has 3 rings (SSSR count). The Labute approximate surface area is 166 Å². The van der Waals surface area contributed by atoms with Gasteiger partial charge in [-0.05, 0) is 52.7 Å². The van der Waals surface area contributed by atoms with Crippen molar-refractivity contribution in [2.75, 3.05) is 5.08 Å². The first-order valence-electron chi connectivity index (χ1n) is 8.20. The van der Waals surface area contributed by atoms with E-state index in [1.807, 2.05) is 10.1 Å². The van der Waals surface area contributed by atoms with E-state index in [1.165, 1.54) is 42.4 Å². The second-order valence-corrected chi connectivity index (χ2v) is 9.62. The Hall–Kier alpha value is -2.15. The van der Waals surface area contributed by atoms with Crippen LogP contribution in [0, 0.1) is 22.3 Å². The predicted octanol–water partition coefficient (Wildman–Crippen LogP) is 3.74. The van der Waals surface area contributed by atoms with E-state index in [-0.39, 0.29) is 17.2 Å². The molecule has 3 aromatic rings. The summed E-state index contributed by atoms with van der Waals surface area (Å²) in [5.41, 5.74) is 2.15. The molecule has 0 aliphatic rings. The maximum atomic E-state index is 13.3. The van der Waals surface area contributed by atoms with E-state index in [2.05, 4.69) is 10.1 Å². The number of halogens is 2. The third-order valence-corrected chi connectivity index (χ3v) is 7.91. The van der Waals surface area contributed by atoms with E-state index in [1.54, 1.807) is 24.3 Å². The molecule has 0 amide bonds. The third-order valence-electron chi connectivity index (χ3n) is 4.07. The number of nitrogens with zero attached hydrogens (tertiary/aromatic N) is 4. The first-order valence-corrected chi connectivity index (χ1v) is 12.0.